The molecule has 2 aromatic carbocycles. The Balaban J connectivity index is 1.47. The van der Waals surface area contributed by atoms with E-state index in [1.165, 1.54) is 0 Å². The topological polar surface area (TPSA) is 57.7 Å². The van der Waals surface area contributed by atoms with Crippen LogP contribution in [0.2, 0.25) is 0 Å². The lowest BCUT2D eigenvalue weighted by Crippen LogP contribution is -2.50. The van der Waals surface area contributed by atoms with Gasteiger partial charge in [0, 0.05) is 54.6 Å². The number of Topliss-reactive ketones (excluding diaryl/α,β-unsaturated/α-hetero) is 1. The number of carbonyl (C=O) groups is 3. The van der Waals surface area contributed by atoms with Gasteiger partial charge in [-0.15, -0.1) is 0 Å². The van der Waals surface area contributed by atoms with E-state index in [2.05, 4.69) is 15.9 Å². The molecule has 3 rings (SSSR count). The molecule has 1 fully saturated rings. The normalized spacial score (nSPS) is 14.1. The number of amides is 2. The fraction of sp³-hybridized carbons (Fsp3) is 0.318. The van der Waals surface area contributed by atoms with Crippen LogP contribution in [0.25, 0.3) is 0 Å². The van der Waals surface area contributed by atoms with Gasteiger partial charge in [0.15, 0.2) is 5.78 Å². The highest BCUT2D eigenvalue weighted by atomic mass is 79.9. The lowest BCUT2D eigenvalue weighted by atomic mass is 10.1. The van der Waals surface area contributed by atoms with Gasteiger partial charge in [0.2, 0.25) is 5.91 Å². The molecule has 0 aliphatic carbocycles. The van der Waals surface area contributed by atoms with Crippen molar-refractivity contribution in [2.24, 2.45) is 0 Å². The molecule has 2 aromatic rings. The molecule has 0 spiro atoms. The average Bonchev–Trinajstić information content (AvgIpc) is 2.72. The maximum Gasteiger partial charge on any atom is 0.253 e. The van der Waals surface area contributed by atoms with E-state index in [4.69, 9.17) is 0 Å². The number of benzene rings is 2. The summed E-state index contributed by atoms with van der Waals surface area (Å²) in [7, 11) is 0. The molecule has 5 nitrogen and oxygen atoms in total. The molecule has 6 heteroatoms. The second-order valence-electron chi connectivity index (χ2n) is 6.97. The summed E-state index contributed by atoms with van der Waals surface area (Å²) in [5.41, 5.74) is 2.40. The van der Waals surface area contributed by atoms with E-state index in [9.17, 15) is 14.4 Å². The van der Waals surface area contributed by atoms with Gasteiger partial charge in [0.1, 0.15) is 0 Å². The molecule has 28 heavy (non-hydrogen) atoms. The quantitative estimate of drug-likeness (QED) is 0.663. The number of hydrogen-bond donors (Lipinski definition) is 0. The average molecular weight is 443 g/mol. The van der Waals surface area contributed by atoms with Crippen molar-refractivity contribution in [2.75, 3.05) is 26.2 Å². The summed E-state index contributed by atoms with van der Waals surface area (Å²) >= 11 is 3.34. The molecule has 0 bridgehead atoms. The third kappa shape index (κ3) is 5.07. The highest BCUT2D eigenvalue weighted by Crippen LogP contribution is 2.14. The first-order valence-electron chi connectivity index (χ1n) is 9.36. The van der Waals surface area contributed by atoms with Crippen molar-refractivity contribution >= 4 is 33.5 Å². The Morgan fingerprint density at radius 2 is 1.32 bits per heavy atom. The van der Waals surface area contributed by atoms with Gasteiger partial charge in [-0.05, 0) is 31.2 Å². The van der Waals surface area contributed by atoms with Crippen molar-refractivity contribution in [3.8, 4) is 0 Å². The molecule has 0 N–H and O–H groups in total. The van der Waals surface area contributed by atoms with Crippen LogP contribution in [-0.2, 0) is 4.79 Å². The Morgan fingerprint density at radius 3 is 1.93 bits per heavy atom. The van der Waals surface area contributed by atoms with Crippen molar-refractivity contribution in [1.82, 2.24) is 9.80 Å². The largest absolute Gasteiger partial charge is 0.339 e. The van der Waals surface area contributed by atoms with E-state index in [0.29, 0.717) is 37.3 Å². The van der Waals surface area contributed by atoms with Gasteiger partial charge in [-0.25, -0.2) is 0 Å². The fourth-order valence-electron chi connectivity index (χ4n) is 3.20. The molecule has 0 unspecified atom stereocenters. The number of nitrogens with zero attached hydrogens (tertiary/aromatic N) is 2. The third-order valence-electron chi connectivity index (χ3n) is 4.95. The van der Waals surface area contributed by atoms with Crippen LogP contribution in [0.5, 0.6) is 0 Å². The lowest BCUT2D eigenvalue weighted by molar-refractivity contribution is -0.132. The highest BCUT2D eigenvalue weighted by Gasteiger charge is 2.25. The van der Waals surface area contributed by atoms with E-state index in [1.54, 1.807) is 21.9 Å². The Hall–Kier alpha value is -2.47. The Bertz CT molecular complexity index is 854. The van der Waals surface area contributed by atoms with Crippen LogP contribution in [0.4, 0.5) is 0 Å². The smallest absolute Gasteiger partial charge is 0.253 e. The zero-order valence-corrected chi connectivity index (χ0v) is 17.4. The fourth-order valence-corrected chi connectivity index (χ4v) is 3.46. The zero-order valence-electron chi connectivity index (χ0n) is 15.9. The van der Waals surface area contributed by atoms with Crippen LogP contribution in [0.15, 0.2) is 53.0 Å². The second kappa shape index (κ2) is 9.15. The molecular formula is C22H23BrN2O3. The first-order valence-corrected chi connectivity index (χ1v) is 10.2. The molecule has 0 saturated carbocycles. The SMILES string of the molecule is Cc1ccc(C(=O)N2CCN(C(=O)CCC(=O)c3ccc(Br)cc3)CC2)cc1. The van der Waals surface area contributed by atoms with Gasteiger partial charge in [-0.2, -0.15) is 0 Å². The van der Waals surface area contributed by atoms with Gasteiger partial charge in [-0.1, -0.05) is 45.8 Å². The summed E-state index contributed by atoms with van der Waals surface area (Å²) in [6.07, 6.45) is 0.393. The number of rotatable bonds is 5. The minimum Gasteiger partial charge on any atom is -0.339 e. The maximum atomic E-state index is 12.6. The molecule has 2 amide bonds. The Kier molecular flexibility index (Phi) is 6.62. The second-order valence-corrected chi connectivity index (χ2v) is 7.88. The van der Waals surface area contributed by atoms with E-state index in [-0.39, 0.29) is 30.4 Å². The Morgan fingerprint density at radius 1 is 0.786 bits per heavy atom. The molecule has 1 heterocycles. The van der Waals surface area contributed by atoms with Gasteiger partial charge < -0.3 is 9.80 Å². The van der Waals surface area contributed by atoms with Gasteiger partial charge in [0.25, 0.3) is 5.91 Å². The predicted molar refractivity (Wildman–Crippen MR) is 111 cm³/mol. The number of hydrogen-bond acceptors (Lipinski definition) is 3. The van der Waals surface area contributed by atoms with Gasteiger partial charge in [0.05, 0.1) is 0 Å². The Labute approximate surface area is 173 Å². The highest BCUT2D eigenvalue weighted by molar-refractivity contribution is 9.10. The van der Waals surface area contributed by atoms with E-state index >= 15 is 0 Å². The molecule has 146 valence electrons. The summed E-state index contributed by atoms with van der Waals surface area (Å²) in [5, 5.41) is 0. The number of aryl methyl sites for hydroxylation is 1. The number of piperazine rings is 1. The third-order valence-corrected chi connectivity index (χ3v) is 5.48. The molecule has 0 aromatic heterocycles. The monoisotopic (exact) mass is 442 g/mol. The first-order chi connectivity index (χ1) is 13.4. The van der Waals surface area contributed by atoms with Crippen LogP contribution in [0.3, 0.4) is 0 Å². The number of carbonyl (C=O) groups excluding carboxylic acids is 3. The van der Waals surface area contributed by atoms with Crippen molar-refractivity contribution in [1.29, 1.82) is 0 Å². The van der Waals surface area contributed by atoms with E-state index < -0.39 is 0 Å². The maximum absolute atomic E-state index is 12.6. The molecule has 1 aliphatic heterocycles. The van der Waals surface area contributed by atoms with Gasteiger partial charge >= 0.3 is 0 Å². The van der Waals surface area contributed by atoms with Gasteiger partial charge in [-0.3, -0.25) is 14.4 Å². The minimum absolute atomic E-state index is 0.00230. The summed E-state index contributed by atoms with van der Waals surface area (Å²) in [5.74, 6) is -0.0700. The molecule has 1 saturated heterocycles. The van der Waals surface area contributed by atoms with Crippen molar-refractivity contribution in [3.05, 3.63) is 69.7 Å². The van der Waals surface area contributed by atoms with Crippen LogP contribution >= 0.6 is 15.9 Å². The van der Waals surface area contributed by atoms with Crippen molar-refractivity contribution < 1.29 is 14.4 Å². The summed E-state index contributed by atoms with van der Waals surface area (Å²) in [4.78, 5) is 40.7. The summed E-state index contributed by atoms with van der Waals surface area (Å²) < 4.78 is 0.915. The first kappa shape index (κ1) is 20.3. The van der Waals surface area contributed by atoms with Crippen LogP contribution in [0, 0.1) is 6.92 Å². The standard InChI is InChI=1S/C22H23BrN2O3/c1-16-2-4-18(5-3-16)22(28)25-14-12-24(13-15-25)21(27)11-10-20(26)17-6-8-19(23)9-7-17/h2-9H,10-15H2,1H3. The molecule has 0 radical (unpaired) electrons. The minimum atomic E-state index is -0.0344. The van der Waals surface area contributed by atoms with Crippen LogP contribution < -0.4 is 0 Å². The number of halogens is 1. The van der Waals surface area contributed by atoms with Crippen LogP contribution in [-0.4, -0.2) is 53.6 Å². The van der Waals surface area contributed by atoms with E-state index in [0.717, 1.165) is 10.0 Å². The summed E-state index contributed by atoms with van der Waals surface area (Å²) in [6, 6.07) is 14.7. The van der Waals surface area contributed by atoms with Crippen LogP contribution in [0.1, 0.15) is 39.1 Å². The molecule has 1 aliphatic rings. The molecular weight excluding hydrogens is 420 g/mol. The summed E-state index contributed by atoms with van der Waals surface area (Å²) in [6.45, 7) is 4.02. The van der Waals surface area contributed by atoms with Crippen molar-refractivity contribution in [3.63, 3.8) is 0 Å². The number of ketones is 1. The van der Waals surface area contributed by atoms with Crippen molar-refractivity contribution in [2.45, 2.75) is 19.8 Å². The predicted octanol–water partition coefficient (Wildman–Crippen LogP) is 3.71. The lowest BCUT2D eigenvalue weighted by Gasteiger charge is -2.35. The molecule has 0 atom stereocenters. The zero-order chi connectivity index (χ0) is 20.1. The van der Waals surface area contributed by atoms with E-state index in [1.807, 2.05) is 43.3 Å².